The first-order chi connectivity index (χ1) is 17.6. The number of aromatic nitrogens is 4. The smallest absolute Gasteiger partial charge is 0.125 e. The monoisotopic (exact) mass is 492 g/mol. The van der Waals surface area contributed by atoms with E-state index in [2.05, 4.69) is 25.6 Å². The van der Waals surface area contributed by atoms with E-state index in [9.17, 15) is 4.39 Å². The molecule has 0 saturated carbocycles. The minimum atomic E-state index is -0.270. The van der Waals surface area contributed by atoms with Crippen molar-refractivity contribution in [2.45, 2.75) is 13.5 Å². The molecule has 0 saturated heterocycles. The van der Waals surface area contributed by atoms with Gasteiger partial charge in [0.2, 0.25) is 0 Å². The predicted molar refractivity (Wildman–Crippen MR) is 143 cm³/mol. The van der Waals surface area contributed by atoms with Gasteiger partial charge >= 0.3 is 0 Å². The van der Waals surface area contributed by atoms with E-state index in [1.165, 1.54) is 12.1 Å². The van der Waals surface area contributed by atoms with Gasteiger partial charge in [-0.25, -0.2) is 14.4 Å². The minimum Gasteiger partial charge on any atom is -0.489 e. The Morgan fingerprint density at radius 3 is 2.72 bits per heavy atom. The maximum absolute atomic E-state index is 13.4. The molecule has 0 spiro atoms. The number of imidazole rings is 1. The van der Waals surface area contributed by atoms with Crippen molar-refractivity contribution < 1.29 is 9.13 Å². The molecule has 0 N–H and O–H groups in total. The van der Waals surface area contributed by atoms with Crippen molar-refractivity contribution in [1.82, 2.24) is 19.5 Å². The Morgan fingerprint density at radius 1 is 0.944 bits per heavy atom. The molecular formula is C29H21FN4OS. The molecule has 6 aromatic rings. The van der Waals surface area contributed by atoms with E-state index in [1.807, 2.05) is 67.6 Å². The van der Waals surface area contributed by atoms with Gasteiger partial charge in [-0.1, -0.05) is 24.3 Å². The summed E-state index contributed by atoms with van der Waals surface area (Å²) < 4.78 is 22.5. The van der Waals surface area contributed by atoms with Crippen LogP contribution in [-0.2, 0) is 6.61 Å². The van der Waals surface area contributed by atoms with Crippen molar-refractivity contribution >= 4 is 44.7 Å². The van der Waals surface area contributed by atoms with E-state index in [0.29, 0.717) is 12.1 Å². The number of thiazole rings is 1. The Balaban J connectivity index is 1.14. The lowest BCUT2D eigenvalue weighted by molar-refractivity contribution is 0.306. The molecule has 5 nitrogen and oxygen atoms in total. The van der Waals surface area contributed by atoms with Gasteiger partial charge in [-0.2, -0.15) is 0 Å². The van der Waals surface area contributed by atoms with E-state index < -0.39 is 0 Å². The lowest BCUT2D eigenvalue weighted by Gasteiger charge is -2.10. The van der Waals surface area contributed by atoms with Crippen LogP contribution in [-0.4, -0.2) is 19.5 Å². The summed E-state index contributed by atoms with van der Waals surface area (Å²) in [5.74, 6) is 1.44. The maximum Gasteiger partial charge on any atom is 0.125 e. The number of hydrogen-bond donors (Lipinski definition) is 0. The Morgan fingerprint density at radius 2 is 1.83 bits per heavy atom. The van der Waals surface area contributed by atoms with Crippen molar-refractivity contribution in [3.63, 3.8) is 0 Å². The first kappa shape index (κ1) is 22.1. The molecule has 0 unspecified atom stereocenters. The van der Waals surface area contributed by atoms with E-state index in [0.717, 1.165) is 49.1 Å². The lowest BCUT2D eigenvalue weighted by Crippen LogP contribution is -1.98. The van der Waals surface area contributed by atoms with Crippen molar-refractivity contribution in [3.05, 3.63) is 113 Å². The quantitative estimate of drug-likeness (QED) is 0.246. The van der Waals surface area contributed by atoms with Gasteiger partial charge in [0.05, 0.1) is 21.9 Å². The van der Waals surface area contributed by atoms with Gasteiger partial charge in [0, 0.05) is 18.0 Å². The Hall–Kier alpha value is -4.36. The standard InChI is InChI=1S/C29H21FN4OS/c1-19-32-26-17-31-14-13-27(26)34(19)23-7-9-24(10-8-23)35-18-21-4-2-3-20(15-21)5-12-29-33-25-16-22(30)6-11-28(25)36-29/h2-17H,18H2,1H3. The summed E-state index contributed by atoms with van der Waals surface area (Å²) >= 11 is 1.54. The summed E-state index contributed by atoms with van der Waals surface area (Å²) in [7, 11) is 0. The van der Waals surface area contributed by atoms with Gasteiger partial charge in [0.25, 0.3) is 0 Å². The normalized spacial score (nSPS) is 11.6. The fourth-order valence-corrected chi connectivity index (χ4v) is 5.03. The molecule has 0 aliphatic heterocycles. The van der Waals surface area contributed by atoms with Crippen LogP contribution in [0.4, 0.5) is 4.39 Å². The Kier molecular flexibility index (Phi) is 5.75. The molecule has 0 atom stereocenters. The van der Waals surface area contributed by atoms with Crippen LogP contribution < -0.4 is 4.74 Å². The summed E-state index contributed by atoms with van der Waals surface area (Å²) in [6.45, 7) is 2.45. The Labute approximate surface area is 211 Å². The van der Waals surface area contributed by atoms with Gasteiger partial charge < -0.3 is 4.74 Å². The van der Waals surface area contributed by atoms with E-state index in [1.54, 1.807) is 29.8 Å². The highest BCUT2D eigenvalue weighted by Crippen LogP contribution is 2.25. The second-order valence-electron chi connectivity index (χ2n) is 8.38. The summed E-state index contributed by atoms with van der Waals surface area (Å²) in [4.78, 5) is 13.2. The van der Waals surface area contributed by atoms with Gasteiger partial charge in [0.15, 0.2) is 0 Å². The highest BCUT2D eigenvalue weighted by atomic mass is 32.1. The first-order valence-corrected chi connectivity index (χ1v) is 12.3. The second kappa shape index (κ2) is 9.36. The number of nitrogens with zero attached hydrogens (tertiary/aromatic N) is 4. The molecule has 0 bridgehead atoms. The molecule has 0 radical (unpaired) electrons. The Bertz CT molecular complexity index is 1720. The lowest BCUT2D eigenvalue weighted by atomic mass is 10.1. The number of halogens is 1. The van der Waals surface area contributed by atoms with E-state index in [-0.39, 0.29) is 5.82 Å². The van der Waals surface area contributed by atoms with Crippen molar-refractivity contribution in [3.8, 4) is 11.4 Å². The number of ether oxygens (including phenoxy) is 1. The fraction of sp³-hybridized carbons (Fsp3) is 0.0690. The van der Waals surface area contributed by atoms with Crippen LogP contribution in [0.5, 0.6) is 5.75 Å². The highest BCUT2D eigenvalue weighted by Gasteiger charge is 2.09. The van der Waals surface area contributed by atoms with Gasteiger partial charge in [0.1, 0.15) is 34.5 Å². The summed E-state index contributed by atoms with van der Waals surface area (Å²) in [6, 6.07) is 22.9. The number of rotatable bonds is 6. The zero-order valence-electron chi connectivity index (χ0n) is 19.4. The molecule has 3 aromatic carbocycles. The molecule has 3 aromatic heterocycles. The largest absolute Gasteiger partial charge is 0.489 e. The van der Waals surface area contributed by atoms with Crippen LogP contribution in [0.25, 0.3) is 39.1 Å². The molecule has 6 rings (SSSR count). The average molecular weight is 493 g/mol. The zero-order valence-corrected chi connectivity index (χ0v) is 20.2. The number of aryl methyl sites for hydroxylation is 1. The van der Waals surface area contributed by atoms with Gasteiger partial charge in [-0.15, -0.1) is 11.3 Å². The summed E-state index contributed by atoms with van der Waals surface area (Å²) in [6.07, 6.45) is 7.53. The van der Waals surface area contributed by atoms with Crippen LogP contribution >= 0.6 is 11.3 Å². The molecule has 0 aliphatic rings. The van der Waals surface area contributed by atoms with E-state index >= 15 is 0 Å². The molecule has 7 heteroatoms. The number of pyridine rings is 1. The number of benzene rings is 3. The number of fused-ring (bicyclic) bond motifs is 2. The average Bonchev–Trinajstić information content (AvgIpc) is 3.46. The highest BCUT2D eigenvalue weighted by molar-refractivity contribution is 7.19. The summed E-state index contributed by atoms with van der Waals surface area (Å²) in [5.41, 5.74) is 5.73. The van der Waals surface area contributed by atoms with Crippen molar-refractivity contribution in [1.29, 1.82) is 0 Å². The minimum absolute atomic E-state index is 0.270. The third-order valence-corrected chi connectivity index (χ3v) is 6.86. The molecule has 0 amide bonds. The number of hydrogen-bond acceptors (Lipinski definition) is 5. The predicted octanol–water partition coefficient (Wildman–Crippen LogP) is 7.23. The molecule has 3 heterocycles. The third-order valence-electron chi connectivity index (χ3n) is 5.86. The fourth-order valence-electron chi connectivity index (χ4n) is 4.18. The van der Waals surface area contributed by atoms with Crippen LogP contribution in [0.1, 0.15) is 22.0 Å². The molecule has 0 aliphatic carbocycles. The SMILES string of the molecule is Cc1nc2cnccc2n1-c1ccc(OCc2cccc(C=Cc3nc4cc(F)ccc4s3)c2)cc1. The van der Waals surface area contributed by atoms with Gasteiger partial charge in [-0.3, -0.25) is 9.55 Å². The molecule has 0 fully saturated rings. The molecular weight excluding hydrogens is 471 g/mol. The van der Waals surface area contributed by atoms with E-state index in [4.69, 9.17) is 4.74 Å². The topological polar surface area (TPSA) is 52.8 Å². The van der Waals surface area contributed by atoms with Crippen LogP contribution in [0.15, 0.2) is 85.2 Å². The van der Waals surface area contributed by atoms with Crippen LogP contribution in [0.3, 0.4) is 0 Å². The zero-order chi connectivity index (χ0) is 24.5. The maximum atomic E-state index is 13.4. The summed E-state index contributed by atoms with van der Waals surface area (Å²) in [5, 5.41) is 0.842. The second-order valence-corrected chi connectivity index (χ2v) is 9.45. The van der Waals surface area contributed by atoms with Crippen molar-refractivity contribution in [2.24, 2.45) is 0 Å². The molecule has 176 valence electrons. The van der Waals surface area contributed by atoms with Crippen LogP contribution in [0, 0.1) is 12.7 Å². The molecule has 36 heavy (non-hydrogen) atoms. The van der Waals surface area contributed by atoms with Crippen LogP contribution in [0.2, 0.25) is 0 Å². The van der Waals surface area contributed by atoms with Crippen molar-refractivity contribution in [2.75, 3.05) is 0 Å². The third kappa shape index (κ3) is 4.48. The van der Waals surface area contributed by atoms with Gasteiger partial charge in [-0.05, 0) is 72.7 Å². The first-order valence-electron chi connectivity index (χ1n) is 11.5.